The van der Waals surface area contributed by atoms with Crippen molar-refractivity contribution in [1.82, 2.24) is 25.2 Å². The van der Waals surface area contributed by atoms with Gasteiger partial charge in [-0.1, -0.05) is 12.8 Å². The molecule has 3 N–H and O–H groups in total. The number of tetrazole rings is 1. The van der Waals surface area contributed by atoms with Crippen molar-refractivity contribution in [2.45, 2.75) is 41.8 Å². The number of nitrogen functional groups attached to an aromatic ring is 1. The van der Waals surface area contributed by atoms with Gasteiger partial charge in [-0.15, -0.1) is 5.10 Å². The van der Waals surface area contributed by atoms with Gasteiger partial charge in [-0.2, -0.15) is 0 Å². The van der Waals surface area contributed by atoms with E-state index in [4.69, 9.17) is 11.1 Å². The number of pyridine rings is 1. The molecule has 1 aliphatic carbocycles. The Hall–Kier alpha value is -1.96. The summed E-state index contributed by atoms with van der Waals surface area (Å²) in [5.74, 6) is -0.0302. The topological polar surface area (TPSA) is 106 Å². The van der Waals surface area contributed by atoms with E-state index in [1.807, 2.05) is 10.7 Å². The lowest BCUT2D eigenvalue weighted by Gasteiger charge is -2.10. The van der Waals surface area contributed by atoms with Gasteiger partial charge in [0.1, 0.15) is 11.5 Å². The SMILES string of the molecule is N=C(N)c1ccc(Sc2nnnn2C2CCCC2)cn1. The molecule has 8 heteroatoms. The van der Waals surface area contributed by atoms with Crippen LogP contribution in [-0.2, 0) is 0 Å². The van der Waals surface area contributed by atoms with Crippen LogP contribution in [0.1, 0.15) is 37.4 Å². The quantitative estimate of drug-likeness (QED) is 0.654. The number of hydrogen-bond donors (Lipinski definition) is 2. The van der Waals surface area contributed by atoms with Crippen molar-refractivity contribution in [2.24, 2.45) is 5.73 Å². The Bertz CT molecular complexity index is 601. The van der Waals surface area contributed by atoms with Crippen molar-refractivity contribution in [3.8, 4) is 0 Å². The molecule has 0 radical (unpaired) electrons. The number of rotatable bonds is 4. The zero-order valence-electron chi connectivity index (χ0n) is 10.9. The van der Waals surface area contributed by atoms with Gasteiger partial charge < -0.3 is 5.73 Å². The van der Waals surface area contributed by atoms with E-state index in [-0.39, 0.29) is 5.84 Å². The van der Waals surface area contributed by atoms with Crippen LogP contribution in [0.4, 0.5) is 0 Å². The molecular formula is C12H15N7S. The Kier molecular flexibility index (Phi) is 3.64. The highest BCUT2D eigenvalue weighted by molar-refractivity contribution is 7.99. The Morgan fingerprint density at radius 3 is 2.80 bits per heavy atom. The van der Waals surface area contributed by atoms with E-state index in [1.165, 1.54) is 24.6 Å². The summed E-state index contributed by atoms with van der Waals surface area (Å²) < 4.78 is 1.91. The number of nitrogens with two attached hydrogens (primary N) is 1. The minimum Gasteiger partial charge on any atom is -0.382 e. The Balaban J connectivity index is 1.77. The standard InChI is InChI=1S/C12H15N7S/c13-11(14)10-6-5-9(7-15-10)20-12-16-17-18-19(12)8-3-1-2-4-8/h5-8H,1-4H2,(H3,13,14). The second-order valence-corrected chi connectivity index (χ2v) is 5.78. The fourth-order valence-electron chi connectivity index (χ4n) is 2.34. The highest BCUT2D eigenvalue weighted by atomic mass is 32.2. The van der Waals surface area contributed by atoms with Gasteiger partial charge in [-0.05, 0) is 47.2 Å². The molecule has 2 aromatic heterocycles. The van der Waals surface area contributed by atoms with Gasteiger partial charge in [-0.3, -0.25) is 10.4 Å². The minimum atomic E-state index is -0.0302. The van der Waals surface area contributed by atoms with Crippen LogP contribution in [0.5, 0.6) is 0 Å². The maximum Gasteiger partial charge on any atom is 0.214 e. The number of amidine groups is 1. The van der Waals surface area contributed by atoms with Gasteiger partial charge in [0.15, 0.2) is 0 Å². The van der Waals surface area contributed by atoms with E-state index in [2.05, 4.69) is 20.5 Å². The second kappa shape index (κ2) is 5.58. The molecule has 0 unspecified atom stereocenters. The Morgan fingerprint density at radius 1 is 1.35 bits per heavy atom. The molecule has 1 aliphatic rings. The number of nitrogens with zero attached hydrogens (tertiary/aromatic N) is 5. The molecule has 7 nitrogen and oxygen atoms in total. The minimum absolute atomic E-state index is 0.0302. The van der Waals surface area contributed by atoms with Crippen molar-refractivity contribution < 1.29 is 0 Å². The summed E-state index contributed by atoms with van der Waals surface area (Å²) in [6.07, 6.45) is 6.45. The monoisotopic (exact) mass is 289 g/mol. The van der Waals surface area contributed by atoms with Gasteiger partial charge in [0.25, 0.3) is 0 Å². The summed E-state index contributed by atoms with van der Waals surface area (Å²) in [5, 5.41) is 20.1. The third-order valence-electron chi connectivity index (χ3n) is 3.35. The fourth-order valence-corrected chi connectivity index (χ4v) is 3.14. The molecule has 0 bridgehead atoms. The van der Waals surface area contributed by atoms with Gasteiger partial charge in [0.2, 0.25) is 5.16 Å². The first-order chi connectivity index (χ1) is 9.74. The van der Waals surface area contributed by atoms with Crippen LogP contribution in [0, 0.1) is 5.41 Å². The summed E-state index contributed by atoms with van der Waals surface area (Å²) in [6, 6.07) is 4.02. The summed E-state index contributed by atoms with van der Waals surface area (Å²) >= 11 is 1.48. The molecule has 0 saturated heterocycles. The van der Waals surface area contributed by atoms with E-state index in [0.717, 1.165) is 22.9 Å². The molecule has 20 heavy (non-hydrogen) atoms. The highest BCUT2D eigenvalue weighted by Crippen LogP contribution is 2.33. The van der Waals surface area contributed by atoms with E-state index < -0.39 is 0 Å². The van der Waals surface area contributed by atoms with Crippen LogP contribution in [0.2, 0.25) is 0 Å². The molecule has 2 aromatic rings. The van der Waals surface area contributed by atoms with Crippen LogP contribution in [0.25, 0.3) is 0 Å². The van der Waals surface area contributed by atoms with Crippen molar-refractivity contribution in [1.29, 1.82) is 5.41 Å². The molecule has 104 valence electrons. The van der Waals surface area contributed by atoms with Crippen molar-refractivity contribution >= 4 is 17.6 Å². The van der Waals surface area contributed by atoms with Crippen molar-refractivity contribution in [3.05, 3.63) is 24.0 Å². The number of nitrogens with one attached hydrogen (secondary N) is 1. The average molecular weight is 289 g/mol. The first kappa shape index (κ1) is 13.0. The normalized spacial score (nSPS) is 15.6. The van der Waals surface area contributed by atoms with Gasteiger partial charge in [-0.25, -0.2) is 4.68 Å². The molecule has 0 amide bonds. The molecule has 0 aliphatic heterocycles. The third kappa shape index (κ3) is 2.64. The summed E-state index contributed by atoms with van der Waals surface area (Å²) in [5.41, 5.74) is 5.86. The van der Waals surface area contributed by atoms with Crippen LogP contribution >= 0.6 is 11.8 Å². The maximum absolute atomic E-state index is 7.32. The predicted octanol–water partition coefficient (Wildman–Crippen LogP) is 1.62. The smallest absolute Gasteiger partial charge is 0.214 e. The van der Waals surface area contributed by atoms with Crippen LogP contribution in [-0.4, -0.2) is 31.0 Å². The van der Waals surface area contributed by atoms with Crippen molar-refractivity contribution in [2.75, 3.05) is 0 Å². The third-order valence-corrected chi connectivity index (χ3v) is 4.28. The highest BCUT2D eigenvalue weighted by Gasteiger charge is 2.21. The van der Waals surface area contributed by atoms with E-state index in [1.54, 1.807) is 12.3 Å². The lowest BCUT2D eigenvalue weighted by Crippen LogP contribution is -2.12. The van der Waals surface area contributed by atoms with Crippen LogP contribution in [0.3, 0.4) is 0 Å². The van der Waals surface area contributed by atoms with Gasteiger partial charge in [0, 0.05) is 11.1 Å². The lowest BCUT2D eigenvalue weighted by atomic mass is 10.3. The van der Waals surface area contributed by atoms with Crippen molar-refractivity contribution in [3.63, 3.8) is 0 Å². The second-order valence-electron chi connectivity index (χ2n) is 4.74. The molecular weight excluding hydrogens is 274 g/mol. The molecule has 3 rings (SSSR count). The first-order valence-corrected chi connectivity index (χ1v) is 7.32. The predicted molar refractivity (Wildman–Crippen MR) is 74.7 cm³/mol. The molecule has 0 atom stereocenters. The van der Waals surface area contributed by atoms with Crippen LogP contribution in [0.15, 0.2) is 28.4 Å². The Morgan fingerprint density at radius 2 is 2.15 bits per heavy atom. The average Bonchev–Trinajstić information content (AvgIpc) is 3.09. The summed E-state index contributed by atoms with van der Waals surface area (Å²) in [7, 11) is 0. The summed E-state index contributed by atoms with van der Waals surface area (Å²) in [4.78, 5) is 5.07. The number of aromatic nitrogens is 5. The van der Waals surface area contributed by atoms with E-state index >= 15 is 0 Å². The molecule has 0 spiro atoms. The lowest BCUT2D eigenvalue weighted by molar-refractivity contribution is 0.423. The van der Waals surface area contributed by atoms with Crippen LogP contribution < -0.4 is 5.73 Å². The van der Waals surface area contributed by atoms with Gasteiger partial charge >= 0.3 is 0 Å². The van der Waals surface area contributed by atoms with E-state index in [9.17, 15) is 0 Å². The zero-order valence-corrected chi connectivity index (χ0v) is 11.7. The molecule has 2 heterocycles. The fraction of sp³-hybridized carbons (Fsp3) is 0.417. The largest absolute Gasteiger partial charge is 0.382 e. The molecule has 1 fully saturated rings. The molecule has 1 saturated carbocycles. The molecule has 0 aromatic carbocycles. The number of hydrogen-bond acceptors (Lipinski definition) is 6. The summed E-state index contributed by atoms with van der Waals surface area (Å²) in [6.45, 7) is 0. The van der Waals surface area contributed by atoms with Gasteiger partial charge in [0.05, 0.1) is 6.04 Å². The van der Waals surface area contributed by atoms with E-state index in [0.29, 0.717) is 11.7 Å². The zero-order chi connectivity index (χ0) is 13.9. The Labute approximate surface area is 120 Å². The first-order valence-electron chi connectivity index (χ1n) is 6.50. The maximum atomic E-state index is 7.32.